The molecule has 0 aromatic carbocycles. The lowest BCUT2D eigenvalue weighted by molar-refractivity contribution is 0.214. The summed E-state index contributed by atoms with van der Waals surface area (Å²) in [6.45, 7) is 7.70. The Hall–Kier alpha value is -2.31. The molecule has 0 aliphatic heterocycles. The standard InChI is InChI=1S/C17H25N5O2/c1-12-7-13-14(8-17(2,3)9-15(13)24-12)21-16(23)19-5-4-6-22-11-18-10-20-22/h7,10-11,14H,4-6,8-9H2,1-3H3,(H2,19,21,23). The molecule has 1 atom stereocenters. The topological polar surface area (TPSA) is 85.0 Å². The molecule has 2 amide bonds. The van der Waals surface area contributed by atoms with Crippen molar-refractivity contribution in [1.29, 1.82) is 0 Å². The third-order valence-corrected chi connectivity index (χ3v) is 4.36. The Kier molecular flexibility index (Phi) is 4.59. The van der Waals surface area contributed by atoms with Crippen molar-refractivity contribution in [1.82, 2.24) is 25.4 Å². The maximum Gasteiger partial charge on any atom is 0.315 e. The van der Waals surface area contributed by atoms with Crippen molar-refractivity contribution in [3.63, 3.8) is 0 Å². The van der Waals surface area contributed by atoms with Gasteiger partial charge in [0, 0.05) is 25.1 Å². The van der Waals surface area contributed by atoms with Crippen LogP contribution in [0.3, 0.4) is 0 Å². The van der Waals surface area contributed by atoms with Crippen LogP contribution in [0, 0.1) is 12.3 Å². The average Bonchev–Trinajstić information content (AvgIpc) is 3.11. The van der Waals surface area contributed by atoms with Gasteiger partial charge in [-0.25, -0.2) is 9.78 Å². The monoisotopic (exact) mass is 331 g/mol. The number of nitrogens with zero attached hydrogens (tertiary/aromatic N) is 3. The van der Waals surface area contributed by atoms with Crippen molar-refractivity contribution >= 4 is 6.03 Å². The SMILES string of the molecule is Cc1cc2c(o1)CC(C)(C)CC2NC(=O)NCCCn1cncn1. The zero-order valence-corrected chi connectivity index (χ0v) is 14.5. The second-order valence-corrected chi connectivity index (χ2v) is 7.25. The highest BCUT2D eigenvalue weighted by atomic mass is 16.3. The molecular weight excluding hydrogens is 306 g/mol. The number of rotatable bonds is 5. The largest absolute Gasteiger partial charge is 0.466 e. The molecule has 0 saturated carbocycles. The molecule has 2 heterocycles. The van der Waals surface area contributed by atoms with Gasteiger partial charge in [-0.15, -0.1) is 0 Å². The number of urea groups is 1. The second-order valence-electron chi connectivity index (χ2n) is 7.25. The van der Waals surface area contributed by atoms with E-state index in [0.29, 0.717) is 6.54 Å². The summed E-state index contributed by atoms with van der Waals surface area (Å²) in [5, 5.41) is 10.0. The quantitative estimate of drug-likeness (QED) is 0.825. The number of furan rings is 1. The maximum absolute atomic E-state index is 12.2. The highest BCUT2D eigenvalue weighted by Crippen LogP contribution is 2.41. The van der Waals surface area contributed by atoms with Crippen LogP contribution in [0.25, 0.3) is 0 Å². The summed E-state index contributed by atoms with van der Waals surface area (Å²) >= 11 is 0. The Balaban J connectivity index is 1.52. The van der Waals surface area contributed by atoms with E-state index >= 15 is 0 Å². The van der Waals surface area contributed by atoms with Crippen molar-refractivity contribution in [3.8, 4) is 0 Å². The molecule has 0 saturated heterocycles. The molecule has 7 heteroatoms. The van der Waals surface area contributed by atoms with E-state index < -0.39 is 0 Å². The van der Waals surface area contributed by atoms with E-state index in [2.05, 4.69) is 34.6 Å². The van der Waals surface area contributed by atoms with Gasteiger partial charge in [0.2, 0.25) is 0 Å². The number of amides is 2. The molecule has 24 heavy (non-hydrogen) atoms. The van der Waals surface area contributed by atoms with Gasteiger partial charge in [0.1, 0.15) is 24.2 Å². The number of carbonyl (C=O) groups excluding carboxylic acids is 1. The summed E-state index contributed by atoms with van der Waals surface area (Å²) in [6.07, 6.45) is 5.81. The first-order chi connectivity index (χ1) is 11.4. The van der Waals surface area contributed by atoms with Crippen LogP contribution in [-0.4, -0.2) is 27.3 Å². The third kappa shape index (κ3) is 3.96. The molecule has 1 aliphatic rings. The molecule has 0 radical (unpaired) electrons. The highest BCUT2D eigenvalue weighted by Gasteiger charge is 2.35. The average molecular weight is 331 g/mol. The Morgan fingerprint density at radius 1 is 1.50 bits per heavy atom. The number of fused-ring (bicyclic) bond motifs is 1. The summed E-state index contributed by atoms with van der Waals surface area (Å²) < 4.78 is 7.56. The fraction of sp³-hybridized carbons (Fsp3) is 0.588. The number of hydrogen-bond donors (Lipinski definition) is 2. The van der Waals surface area contributed by atoms with Gasteiger partial charge in [0.05, 0.1) is 6.04 Å². The summed E-state index contributed by atoms with van der Waals surface area (Å²) in [4.78, 5) is 16.1. The predicted octanol–water partition coefficient (Wildman–Crippen LogP) is 2.58. The van der Waals surface area contributed by atoms with Gasteiger partial charge in [-0.3, -0.25) is 4.68 Å². The lowest BCUT2D eigenvalue weighted by Crippen LogP contribution is -2.41. The molecule has 1 aliphatic carbocycles. The Morgan fingerprint density at radius 3 is 3.08 bits per heavy atom. The van der Waals surface area contributed by atoms with Crippen LogP contribution in [0.1, 0.15) is 49.8 Å². The van der Waals surface area contributed by atoms with E-state index in [4.69, 9.17) is 4.42 Å². The number of aryl methyl sites for hydroxylation is 2. The zero-order chi connectivity index (χ0) is 17.2. The van der Waals surface area contributed by atoms with Gasteiger partial charge < -0.3 is 15.1 Å². The first-order valence-electron chi connectivity index (χ1n) is 8.39. The molecule has 0 fully saturated rings. The molecule has 2 aromatic heterocycles. The zero-order valence-electron chi connectivity index (χ0n) is 14.5. The van der Waals surface area contributed by atoms with Crippen molar-refractivity contribution in [2.75, 3.05) is 6.54 Å². The normalized spacial score (nSPS) is 18.9. The highest BCUT2D eigenvalue weighted by molar-refractivity contribution is 5.74. The van der Waals surface area contributed by atoms with E-state index in [-0.39, 0.29) is 17.5 Å². The van der Waals surface area contributed by atoms with Crippen LogP contribution in [0.5, 0.6) is 0 Å². The molecule has 2 aromatic rings. The van der Waals surface area contributed by atoms with E-state index in [0.717, 1.165) is 42.9 Å². The number of hydrogen-bond acceptors (Lipinski definition) is 4. The van der Waals surface area contributed by atoms with Gasteiger partial charge in [0.25, 0.3) is 0 Å². The van der Waals surface area contributed by atoms with E-state index in [1.807, 2.05) is 13.0 Å². The van der Waals surface area contributed by atoms with Crippen LogP contribution >= 0.6 is 0 Å². The lowest BCUT2D eigenvalue weighted by atomic mass is 9.75. The molecular formula is C17H25N5O2. The fourth-order valence-corrected chi connectivity index (χ4v) is 3.31. The Labute approximate surface area is 141 Å². The number of carbonyl (C=O) groups is 1. The van der Waals surface area contributed by atoms with Crippen LogP contribution in [0.15, 0.2) is 23.1 Å². The molecule has 0 spiro atoms. The maximum atomic E-state index is 12.2. The van der Waals surface area contributed by atoms with Gasteiger partial charge >= 0.3 is 6.03 Å². The molecule has 3 rings (SSSR count). The van der Waals surface area contributed by atoms with Gasteiger partial charge in [-0.2, -0.15) is 5.10 Å². The fourth-order valence-electron chi connectivity index (χ4n) is 3.31. The lowest BCUT2D eigenvalue weighted by Gasteiger charge is -2.34. The number of nitrogens with one attached hydrogen (secondary N) is 2. The summed E-state index contributed by atoms with van der Waals surface area (Å²) in [5.74, 6) is 1.90. The molecule has 2 N–H and O–H groups in total. The van der Waals surface area contributed by atoms with Crippen molar-refractivity contribution in [2.45, 2.75) is 52.6 Å². The minimum absolute atomic E-state index is 0.00323. The minimum atomic E-state index is -0.138. The smallest absolute Gasteiger partial charge is 0.315 e. The van der Waals surface area contributed by atoms with Crippen molar-refractivity contribution in [3.05, 3.63) is 35.8 Å². The minimum Gasteiger partial charge on any atom is -0.466 e. The van der Waals surface area contributed by atoms with Gasteiger partial charge in [-0.1, -0.05) is 13.8 Å². The van der Waals surface area contributed by atoms with E-state index in [1.165, 1.54) is 6.33 Å². The summed E-state index contributed by atoms with van der Waals surface area (Å²) in [6, 6.07) is 1.90. The predicted molar refractivity (Wildman–Crippen MR) is 89.5 cm³/mol. The van der Waals surface area contributed by atoms with Gasteiger partial charge in [-0.05, 0) is 31.2 Å². The molecule has 130 valence electrons. The summed E-state index contributed by atoms with van der Waals surface area (Å²) in [5.41, 5.74) is 1.23. The first-order valence-corrected chi connectivity index (χ1v) is 8.39. The third-order valence-electron chi connectivity index (χ3n) is 4.36. The van der Waals surface area contributed by atoms with Crippen LogP contribution in [-0.2, 0) is 13.0 Å². The molecule has 0 bridgehead atoms. The second kappa shape index (κ2) is 6.67. The Morgan fingerprint density at radius 2 is 2.33 bits per heavy atom. The van der Waals surface area contributed by atoms with Crippen LogP contribution < -0.4 is 10.6 Å². The molecule has 7 nitrogen and oxygen atoms in total. The van der Waals surface area contributed by atoms with Crippen LogP contribution in [0.4, 0.5) is 4.79 Å². The van der Waals surface area contributed by atoms with Gasteiger partial charge in [0.15, 0.2) is 0 Å². The summed E-state index contributed by atoms with van der Waals surface area (Å²) in [7, 11) is 0. The first kappa shape index (κ1) is 16.5. The van der Waals surface area contributed by atoms with Crippen LogP contribution in [0.2, 0.25) is 0 Å². The van der Waals surface area contributed by atoms with Crippen molar-refractivity contribution < 1.29 is 9.21 Å². The molecule has 1 unspecified atom stereocenters. The van der Waals surface area contributed by atoms with Crippen molar-refractivity contribution in [2.24, 2.45) is 5.41 Å². The van der Waals surface area contributed by atoms with E-state index in [9.17, 15) is 4.79 Å². The Bertz CT molecular complexity index is 690. The number of aromatic nitrogens is 3. The van der Waals surface area contributed by atoms with E-state index in [1.54, 1.807) is 11.0 Å².